The van der Waals surface area contributed by atoms with Gasteiger partial charge in [0.2, 0.25) is 0 Å². The van der Waals surface area contributed by atoms with Crippen LogP contribution in [0, 0.1) is 5.41 Å². The second-order valence-electron chi connectivity index (χ2n) is 9.95. The Kier molecular flexibility index (Phi) is 5.95. The van der Waals surface area contributed by atoms with Gasteiger partial charge in [-0.3, -0.25) is 4.79 Å². The summed E-state index contributed by atoms with van der Waals surface area (Å²) in [6, 6.07) is 9.65. The molecule has 7 heteroatoms. The molecule has 2 fully saturated rings. The molecule has 5 rings (SSSR count). The number of carbonyl (C=O) groups is 1. The normalized spacial score (nSPS) is 18.1. The largest absolute Gasteiger partial charge is 0.491 e. The van der Waals surface area contributed by atoms with Gasteiger partial charge in [-0.1, -0.05) is 6.92 Å². The number of ether oxygens (including phenoxy) is 2. The van der Waals surface area contributed by atoms with Crippen LogP contribution in [0.5, 0.6) is 11.5 Å². The zero-order chi connectivity index (χ0) is 24.7. The molecule has 1 spiro atoms. The number of nitrogens with zero attached hydrogens (tertiary/aromatic N) is 1. The van der Waals surface area contributed by atoms with E-state index in [1.807, 2.05) is 43.9 Å². The Morgan fingerprint density at radius 1 is 1.26 bits per heavy atom. The van der Waals surface area contributed by atoms with Crippen molar-refractivity contribution >= 4 is 23.5 Å². The van der Waals surface area contributed by atoms with Crippen molar-refractivity contribution in [2.75, 3.05) is 18.8 Å². The summed E-state index contributed by atoms with van der Waals surface area (Å²) in [4.78, 5) is 15.2. The molecule has 0 radical (unpaired) electrons. The van der Waals surface area contributed by atoms with Crippen molar-refractivity contribution in [1.29, 1.82) is 5.41 Å². The third-order valence-electron chi connectivity index (χ3n) is 7.04. The third-order valence-corrected chi connectivity index (χ3v) is 7.04. The molecule has 0 aromatic heterocycles. The SMILES string of the molecule is CCc1cc(C(=O)N2CCC3(CC2)NC(=C2CC2)c2cc(OC(C)C)ccc2O3)cc(C=N)c1N. The molecule has 2 heterocycles. The van der Waals surface area contributed by atoms with Gasteiger partial charge in [0.25, 0.3) is 5.91 Å². The summed E-state index contributed by atoms with van der Waals surface area (Å²) < 4.78 is 12.5. The minimum Gasteiger partial charge on any atom is -0.491 e. The Hall–Kier alpha value is -3.48. The van der Waals surface area contributed by atoms with Gasteiger partial charge in [0.05, 0.1) is 6.10 Å². The molecule has 1 aliphatic carbocycles. The molecule has 2 aromatic rings. The van der Waals surface area contributed by atoms with E-state index < -0.39 is 5.72 Å². The predicted octanol–water partition coefficient (Wildman–Crippen LogP) is 4.74. The molecule has 3 aliphatic rings. The Balaban J connectivity index is 1.35. The highest BCUT2D eigenvalue weighted by Gasteiger charge is 2.43. The number of benzene rings is 2. The van der Waals surface area contributed by atoms with E-state index in [0.717, 1.165) is 41.9 Å². The Bertz CT molecular complexity index is 1200. The maximum Gasteiger partial charge on any atom is 0.253 e. The fraction of sp³-hybridized carbons (Fsp3) is 0.429. The molecular formula is C28H34N4O3. The molecule has 2 aliphatic heterocycles. The van der Waals surface area contributed by atoms with Crippen molar-refractivity contribution in [1.82, 2.24) is 10.2 Å². The lowest BCUT2D eigenvalue weighted by molar-refractivity contribution is -0.0147. The van der Waals surface area contributed by atoms with E-state index >= 15 is 0 Å². The molecule has 1 saturated heterocycles. The summed E-state index contributed by atoms with van der Waals surface area (Å²) >= 11 is 0. The first-order valence-corrected chi connectivity index (χ1v) is 12.5. The number of amides is 1. The van der Waals surface area contributed by atoms with E-state index in [2.05, 4.69) is 11.4 Å². The molecule has 184 valence electrons. The van der Waals surface area contributed by atoms with Crippen molar-refractivity contribution in [3.05, 3.63) is 58.2 Å². The van der Waals surface area contributed by atoms with E-state index in [0.29, 0.717) is 42.7 Å². The van der Waals surface area contributed by atoms with Crippen LogP contribution in [0.25, 0.3) is 5.70 Å². The number of rotatable bonds is 5. The quantitative estimate of drug-likeness (QED) is 0.429. The lowest BCUT2D eigenvalue weighted by atomic mass is 9.94. The summed E-state index contributed by atoms with van der Waals surface area (Å²) in [5, 5.41) is 11.4. The minimum atomic E-state index is -0.523. The first-order valence-electron chi connectivity index (χ1n) is 12.5. The topological polar surface area (TPSA) is 101 Å². The molecule has 2 aromatic carbocycles. The van der Waals surface area contributed by atoms with Crippen molar-refractivity contribution in [3.8, 4) is 11.5 Å². The first kappa shape index (κ1) is 23.3. The number of carbonyl (C=O) groups excluding carboxylic acids is 1. The van der Waals surface area contributed by atoms with Crippen molar-refractivity contribution in [3.63, 3.8) is 0 Å². The Morgan fingerprint density at radius 2 is 2.00 bits per heavy atom. The van der Waals surface area contributed by atoms with Gasteiger partial charge in [-0.2, -0.15) is 0 Å². The number of fused-ring (bicyclic) bond motifs is 1. The number of anilines is 1. The second-order valence-corrected chi connectivity index (χ2v) is 9.95. The third kappa shape index (κ3) is 4.47. The van der Waals surface area contributed by atoms with Crippen LogP contribution in [0.2, 0.25) is 0 Å². The lowest BCUT2D eigenvalue weighted by Crippen LogP contribution is -2.59. The average molecular weight is 475 g/mol. The van der Waals surface area contributed by atoms with Gasteiger partial charge in [0.15, 0.2) is 5.72 Å². The fourth-order valence-corrected chi connectivity index (χ4v) is 5.02. The van der Waals surface area contributed by atoms with Gasteiger partial charge in [-0.05, 0) is 74.6 Å². The maximum absolute atomic E-state index is 13.4. The molecule has 7 nitrogen and oxygen atoms in total. The molecule has 1 amide bonds. The van der Waals surface area contributed by atoms with Crippen LogP contribution in [0.1, 0.15) is 73.5 Å². The number of piperidine rings is 1. The standard InChI is InChI=1S/C28H34N4O3/c1-4-18-13-20(14-21(16-29)25(18)30)27(33)32-11-9-28(10-12-32)31-26(19-5-6-19)23-15-22(34-17(2)3)7-8-24(23)35-28/h7-8,13-17,29,31H,4-6,9-12,30H2,1-3H3. The molecule has 0 atom stereocenters. The molecule has 0 bridgehead atoms. The highest BCUT2D eigenvalue weighted by atomic mass is 16.5. The number of hydrogen-bond acceptors (Lipinski definition) is 6. The number of aryl methyl sites for hydroxylation is 1. The highest BCUT2D eigenvalue weighted by molar-refractivity contribution is 5.98. The van der Waals surface area contributed by atoms with Crippen LogP contribution >= 0.6 is 0 Å². The van der Waals surface area contributed by atoms with Gasteiger partial charge < -0.3 is 30.8 Å². The Morgan fingerprint density at radius 3 is 2.63 bits per heavy atom. The number of nitrogen functional groups attached to an aromatic ring is 1. The van der Waals surface area contributed by atoms with Gasteiger partial charge in [0.1, 0.15) is 11.5 Å². The van der Waals surface area contributed by atoms with Crippen LogP contribution in [0.4, 0.5) is 5.69 Å². The predicted molar refractivity (Wildman–Crippen MR) is 138 cm³/mol. The van der Waals surface area contributed by atoms with Gasteiger partial charge >= 0.3 is 0 Å². The summed E-state index contributed by atoms with van der Waals surface area (Å²) in [5.74, 6) is 1.69. The zero-order valence-electron chi connectivity index (χ0n) is 20.7. The number of nitrogens with one attached hydrogen (secondary N) is 2. The molecule has 4 N–H and O–H groups in total. The molecular weight excluding hydrogens is 440 g/mol. The second kappa shape index (κ2) is 8.95. The number of nitrogens with two attached hydrogens (primary N) is 1. The summed E-state index contributed by atoms with van der Waals surface area (Å²) in [6.07, 6.45) is 5.63. The molecule has 0 unspecified atom stereocenters. The molecule has 35 heavy (non-hydrogen) atoms. The number of allylic oxidation sites excluding steroid dienone is 1. The minimum absolute atomic E-state index is 0.0230. The van der Waals surface area contributed by atoms with Crippen molar-refractivity contribution in [2.45, 2.75) is 64.7 Å². The van der Waals surface area contributed by atoms with E-state index in [4.69, 9.17) is 20.6 Å². The average Bonchev–Trinajstić information content (AvgIpc) is 3.69. The number of likely N-dealkylation sites (tertiary alicyclic amines) is 1. The lowest BCUT2D eigenvalue weighted by Gasteiger charge is -2.46. The first-order chi connectivity index (χ1) is 16.8. The van der Waals surface area contributed by atoms with E-state index in [1.54, 1.807) is 6.07 Å². The smallest absolute Gasteiger partial charge is 0.253 e. The van der Waals surface area contributed by atoms with Gasteiger partial charge in [-0.15, -0.1) is 0 Å². The maximum atomic E-state index is 13.4. The van der Waals surface area contributed by atoms with Crippen molar-refractivity contribution in [2.24, 2.45) is 0 Å². The van der Waals surface area contributed by atoms with E-state index in [9.17, 15) is 4.79 Å². The van der Waals surface area contributed by atoms with Crippen molar-refractivity contribution < 1.29 is 14.3 Å². The van der Waals surface area contributed by atoms with Crippen LogP contribution in [-0.2, 0) is 6.42 Å². The summed E-state index contributed by atoms with van der Waals surface area (Å²) in [6.45, 7) is 7.23. The van der Waals surface area contributed by atoms with E-state index in [1.165, 1.54) is 17.5 Å². The summed E-state index contributed by atoms with van der Waals surface area (Å²) in [5.41, 5.74) is 11.9. The number of hydrogen-bond donors (Lipinski definition) is 3. The zero-order valence-corrected chi connectivity index (χ0v) is 20.7. The Labute approximate surface area is 206 Å². The van der Waals surface area contributed by atoms with E-state index in [-0.39, 0.29) is 12.0 Å². The highest BCUT2D eigenvalue weighted by Crippen LogP contribution is 2.45. The molecule has 1 saturated carbocycles. The monoisotopic (exact) mass is 474 g/mol. The van der Waals surface area contributed by atoms with Crippen LogP contribution < -0.4 is 20.5 Å². The van der Waals surface area contributed by atoms with Crippen LogP contribution in [-0.4, -0.2) is 41.9 Å². The van der Waals surface area contributed by atoms with Gasteiger partial charge in [-0.25, -0.2) is 0 Å². The summed E-state index contributed by atoms with van der Waals surface area (Å²) in [7, 11) is 0. The van der Waals surface area contributed by atoms with Gasteiger partial charge in [0, 0.05) is 60.2 Å². The fourth-order valence-electron chi connectivity index (χ4n) is 5.02. The van der Waals surface area contributed by atoms with Crippen LogP contribution in [0.3, 0.4) is 0 Å². The van der Waals surface area contributed by atoms with Crippen LogP contribution in [0.15, 0.2) is 35.9 Å².